The minimum atomic E-state index is -0.846. The lowest BCUT2D eigenvalue weighted by Gasteiger charge is -2.31. The maximum Gasteiger partial charge on any atom is 0.245 e. The Hall–Kier alpha value is -3.30. The zero-order chi connectivity index (χ0) is 23.3. The van der Waals surface area contributed by atoms with E-state index in [1.165, 1.54) is 0 Å². The summed E-state index contributed by atoms with van der Waals surface area (Å²) in [5.74, 6) is 0.613. The number of hydrogen-bond acceptors (Lipinski definition) is 4. The van der Waals surface area contributed by atoms with Gasteiger partial charge in [-0.05, 0) is 62.6 Å². The van der Waals surface area contributed by atoms with E-state index in [-0.39, 0.29) is 17.9 Å². The fourth-order valence-corrected chi connectivity index (χ4v) is 3.78. The number of aryl methyl sites for hydroxylation is 1. The molecule has 0 aliphatic rings. The highest BCUT2D eigenvalue weighted by Crippen LogP contribution is 2.27. The van der Waals surface area contributed by atoms with Crippen molar-refractivity contribution < 1.29 is 4.79 Å². The lowest BCUT2D eigenvalue weighted by Crippen LogP contribution is -2.52. The number of carbonyl (C=O) groups is 1. The molecule has 0 aliphatic heterocycles. The molecule has 1 heterocycles. The van der Waals surface area contributed by atoms with Crippen molar-refractivity contribution in [3.8, 4) is 6.07 Å². The predicted molar refractivity (Wildman–Crippen MR) is 128 cm³/mol. The van der Waals surface area contributed by atoms with Gasteiger partial charge in [0.2, 0.25) is 5.91 Å². The van der Waals surface area contributed by atoms with Crippen LogP contribution < -0.4 is 10.6 Å². The summed E-state index contributed by atoms with van der Waals surface area (Å²) in [5.41, 5.74) is 1.86. The fourth-order valence-electron chi connectivity index (χ4n) is 3.66. The number of anilines is 1. The molecule has 166 valence electrons. The van der Waals surface area contributed by atoms with Gasteiger partial charge in [0.25, 0.3) is 0 Å². The summed E-state index contributed by atoms with van der Waals surface area (Å²) < 4.78 is 1.69. The standard InChI is InChI=1S/C25H28ClN5O/c1-17(29-24(32)25(2,3)30-23-12-13-28-31(23)4)22(15-18-8-10-21(26)11-9-18)20-7-5-6-19(14-20)16-27/h5-14,17,22,30H,15H2,1-4H3,(H,29,32)/t17-,22+/m0/s1. The van der Waals surface area contributed by atoms with Gasteiger partial charge < -0.3 is 10.6 Å². The molecule has 32 heavy (non-hydrogen) atoms. The lowest BCUT2D eigenvalue weighted by atomic mass is 9.85. The van der Waals surface area contributed by atoms with Crippen molar-refractivity contribution in [1.82, 2.24) is 15.1 Å². The van der Waals surface area contributed by atoms with Crippen LogP contribution in [0, 0.1) is 11.3 Å². The van der Waals surface area contributed by atoms with Gasteiger partial charge in [-0.3, -0.25) is 9.48 Å². The van der Waals surface area contributed by atoms with Crippen molar-refractivity contribution >= 4 is 23.3 Å². The molecule has 2 N–H and O–H groups in total. The lowest BCUT2D eigenvalue weighted by molar-refractivity contribution is -0.125. The van der Waals surface area contributed by atoms with Crippen molar-refractivity contribution in [2.24, 2.45) is 7.05 Å². The second-order valence-corrected chi connectivity index (χ2v) is 8.96. The number of nitriles is 1. The van der Waals surface area contributed by atoms with Crippen LogP contribution in [-0.2, 0) is 18.3 Å². The maximum atomic E-state index is 13.2. The average Bonchev–Trinajstić information content (AvgIpc) is 3.16. The van der Waals surface area contributed by atoms with E-state index >= 15 is 0 Å². The minimum Gasteiger partial charge on any atom is -0.357 e. The Morgan fingerprint density at radius 2 is 1.94 bits per heavy atom. The molecule has 0 saturated heterocycles. The third-order valence-corrected chi connectivity index (χ3v) is 5.86. The Kier molecular flexibility index (Phi) is 7.22. The summed E-state index contributed by atoms with van der Waals surface area (Å²) in [6.45, 7) is 5.68. The molecular weight excluding hydrogens is 422 g/mol. The quantitative estimate of drug-likeness (QED) is 0.523. The van der Waals surface area contributed by atoms with Gasteiger partial charge in [0.1, 0.15) is 11.4 Å². The van der Waals surface area contributed by atoms with Gasteiger partial charge in [-0.2, -0.15) is 10.4 Å². The molecule has 0 unspecified atom stereocenters. The topological polar surface area (TPSA) is 82.7 Å². The highest BCUT2D eigenvalue weighted by atomic mass is 35.5. The molecular formula is C25H28ClN5O. The molecule has 7 heteroatoms. The number of aromatic nitrogens is 2. The molecule has 6 nitrogen and oxygen atoms in total. The molecule has 3 aromatic rings. The summed E-state index contributed by atoms with van der Waals surface area (Å²) in [6, 6.07) is 19.1. The Balaban J connectivity index is 1.83. The normalized spacial score (nSPS) is 13.1. The SMILES string of the molecule is C[C@H](NC(=O)C(C)(C)Nc1ccnn1C)[C@@H](Cc1ccc(Cl)cc1)c1cccc(C#N)c1. The molecule has 0 aliphatic carbocycles. The van der Waals surface area contributed by atoms with Crippen LogP contribution in [0.4, 0.5) is 5.82 Å². The van der Waals surface area contributed by atoms with E-state index in [1.54, 1.807) is 16.9 Å². The van der Waals surface area contributed by atoms with E-state index < -0.39 is 5.54 Å². The highest BCUT2D eigenvalue weighted by Gasteiger charge is 2.31. The van der Waals surface area contributed by atoms with Crippen molar-refractivity contribution in [3.05, 3.63) is 82.5 Å². The van der Waals surface area contributed by atoms with Crippen LogP contribution in [0.3, 0.4) is 0 Å². The highest BCUT2D eigenvalue weighted by molar-refractivity contribution is 6.30. The van der Waals surface area contributed by atoms with Crippen LogP contribution in [0.5, 0.6) is 0 Å². The van der Waals surface area contributed by atoms with Crippen LogP contribution >= 0.6 is 11.6 Å². The summed E-state index contributed by atoms with van der Waals surface area (Å²) in [6.07, 6.45) is 2.38. The van der Waals surface area contributed by atoms with E-state index in [4.69, 9.17) is 11.6 Å². The number of nitrogens with one attached hydrogen (secondary N) is 2. The number of hydrogen-bond donors (Lipinski definition) is 2. The summed E-state index contributed by atoms with van der Waals surface area (Å²) in [7, 11) is 1.82. The van der Waals surface area contributed by atoms with E-state index in [2.05, 4.69) is 21.8 Å². The molecule has 1 amide bonds. The molecule has 0 fully saturated rings. The van der Waals surface area contributed by atoms with Gasteiger partial charge in [0, 0.05) is 30.1 Å². The van der Waals surface area contributed by atoms with Crippen LogP contribution in [-0.4, -0.2) is 27.3 Å². The van der Waals surface area contributed by atoms with Gasteiger partial charge >= 0.3 is 0 Å². The van der Waals surface area contributed by atoms with Crippen molar-refractivity contribution in [3.63, 3.8) is 0 Å². The van der Waals surface area contributed by atoms with E-state index in [0.717, 1.165) is 16.9 Å². The molecule has 0 saturated carbocycles. The average molecular weight is 450 g/mol. The van der Waals surface area contributed by atoms with Gasteiger partial charge in [-0.15, -0.1) is 0 Å². The molecule has 3 rings (SSSR count). The fraction of sp³-hybridized carbons (Fsp3) is 0.320. The first-order chi connectivity index (χ1) is 15.2. The Morgan fingerprint density at radius 1 is 1.22 bits per heavy atom. The monoisotopic (exact) mass is 449 g/mol. The van der Waals surface area contributed by atoms with Crippen molar-refractivity contribution in [2.45, 2.75) is 44.7 Å². The number of rotatable bonds is 8. The number of benzene rings is 2. The smallest absolute Gasteiger partial charge is 0.245 e. The first-order valence-corrected chi connectivity index (χ1v) is 10.9. The summed E-state index contributed by atoms with van der Waals surface area (Å²) in [5, 5.41) is 20.6. The third kappa shape index (κ3) is 5.68. The van der Waals surface area contributed by atoms with Crippen LogP contribution in [0.25, 0.3) is 0 Å². The zero-order valence-electron chi connectivity index (χ0n) is 18.8. The van der Waals surface area contributed by atoms with Crippen LogP contribution in [0.15, 0.2) is 60.8 Å². The Morgan fingerprint density at radius 3 is 2.56 bits per heavy atom. The second-order valence-electron chi connectivity index (χ2n) is 8.53. The van der Waals surface area contributed by atoms with E-state index in [9.17, 15) is 10.1 Å². The largest absolute Gasteiger partial charge is 0.357 e. The second kappa shape index (κ2) is 9.88. The van der Waals surface area contributed by atoms with Crippen molar-refractivity contribution in [2.75, 3.05) is 5.32 Å². The minimum absolute atomic E-state index is 0.0269. The van der Waals surface area contributed by atoms with Gasteiger partial charge in [0.15, 0.2) is 0 Å². The van der Waals surface area contributed by atoms with Crippen LogP contribution in [0.1, 0.15) is 43.4 Å². The van der Waals surface area contributed by atoms with Crippen LogP contribution in [0.2, 0.25) is 5.02 Å². The summed E-state index contributed by atoms with van der Waals surface area (Å²) in [4.78, 5) is 13.2. The zero-order valence-corrected chi connectivity index (χ0v) is 19.5. The first-order valence-electron chi connectivity index (χ1n) is 10.5. The Labute approximate surface area is 194 Å². The molecule has 0 bridgehead atoms. The van der Waals surface area contributed by atoms with E-state index in [0.29, 0.717) is 17.0 Å². The number of nitrogens with zero attached hydrogens (tertiary/aromatic N) is 3. The number of amides is 1. The maximum absolute atomic E-state index is 13.2. The van der Waals surface area contributed by atoms with E-state index in [1.807, 2.05) is 76.3 Å². The summed E-state index contributed by atoms with van der Waals surface area (Å²) >= 11 is 6.05. The predicted octanol–water partition coefficient (Wildman–Crippen LogP) is 4.67. The third-order valence-electron chi connectivity index (χ3n) is 5.60. The molecule has 0 spiro atoms. The molecule has 1 aromatic heterocycles. The molecule has 2 atom stereocenters. The molecule has 0 radical (unpaired) electrons. The Bertz CT molecular complexity index is 1110. The van der Waals surface area contributed by atoms with Gasteiger partial charge in [-0.25, -0.2) is 0 Å². The molecule has 2 aromatic carbocycles. The number of halogens is 1. The van der Waals surface area contributed by atoms with Crippen molar-refractivity contribution in [1.29, 1.82) is 5.26 Å². The number of carbonyl (C=O) groups excluding carboxylic acids is 1. The first kappa shape index (κ1) is 23.4. The van der Waals surface area contributed by atoms with Gasteiger partial charge in [0.05, 0.1) is 17.8 Å². The van der Waals surface area contributed by atoms with Gasteiger partial charge in [-0.1, -0.05) is 35.9 Å².